The minimum Gasteiger partial charge on any atom is -0.426 e. The molecule has 7 heteroatoms. The third kappa shape index (κ3) is 7.71. The van der Waals surface area contributed by atoms with Gasteiger partial charge in [-0.3, -0.25) is 19.3 Å². The van der Waals surface area contributed by atoms with Crippen LogP contribution in [0, 0.1) is 0 Å². The molecule has 4 rings (SSSR count). The van der Waals surface area contributed by atoms with Gasteiger partial charge in [0.05, 0.1) is 11.8 Å². The Morgan fingerprint density at radius 3 is 2.00 bits per heavy atom. The highest BCUT2D eigenvalue weighted by Crippen LogP contribution is 2.35. The summed E-state index contributed by atoms with van der Waals surface area (Å²) in [5, 5.41) is 3.12. The van der Waals surface area contributed by atoms with Crippen LogP contribution in [0.15, 0.2) is 78.9 Å². The number of nitrogens with one attached hydrogen (secondary N) is 1. The van der Waals surface area contributed by atoms with Gasteiger partial charge in [-0.15, -0.1) is 0 Å². The van der Waals surface area contributed by atoms with E-state index in [1.165, 1.54) is 0 Å². The standard InChI is InChI=1S/C36H45N3O4/c1-24(2)38(25(3)4)22-20-37-34(40)33-32-18-17-31(43-36(42)27(6)29-15-11-8-12-16-29)23-30(32)19-21-39(33)35(41)26(5)28-13-9-7-10-14-28/h7-18,23-27,33H,19-22H2,1-6H3,(H,37,40). The van der Waals surface area contributed by atoms with Crippen molar-refractivity contribution in [2.75, 3.05) is 19.6 Å². The molecule has 7 nitrogen and oxygen atoms in total. The molecule has 228 valence electrons. The lowest BCUT2D eigenvalue weighted by Gasteiger charge is -2.38. The van der Waals surface area contributed by atoms with Crippen LogP contribution in [-0.2, 0) is 20.8 Å². The van der Waals surface area contributed by atoms with Crippen LogP contribution in [-0.4, -0.2) is 59.3 Å². The molecule has 1 N–H and O–H groups in total. The van der Waals surface area contributed by atoms with Crippen LogP contribution >= 0.6 is 0 Å². The lowest BCUT2D eigenvalue weighted by molar-refractivity contribution is -0.142. The van der Waals surface area contributed by atoms with Crippen molar-refractivity contribution in [3.63, 3.8) is 0 Å². The van der Waals surface area contributed by atoms with E-state index in [4.69, 9.17) is 4.74 Å². The minimum absolute atomic E-state index is 0.0878. The smallest absolute Gasteiger partial charge is 0.318 e. The molecule has 43 heavy (non-hydrogen) atoms. The highest BCUT2D eigenvalue weighted by Gasteiger charge is 2.38. The van der Waals surface area contributed by atoms with E-state index in [1.807, 2.05) is 86.6 Å². The number of carbonyl (C=O) groups is 3. The molecule has 0 radical (unpaired) electrons. The summed E-state index contributed by atoms with van der Waals surface area (Å²) in [5.41, 5.74) is 3.47. The molecule has 3 unspecified atom stereocenters. The number of ether oxygens (including phenoxy) is 1. The largest absolute Gasteiger partial charge is 0.426 e. The van der Waals surface area contributed by atoms with Crippen molar-refractivity contribution in [2.45, 2.75) is 77.9 Å². The maximum Gasteiger partial charge on any atom is 0.318 e. The van der Waals surface area contributed by atoms with Gasteiger partial charge in [-0.05, 0) is 82.3 Å². The Balaban J connectivity index is 1.57. The first-order valence-electron chi connectivity index (χ1n) is 15.4. The van der Waals surface area contributed by atoms with Gasteiger partial charge in [0.1, 0.15) is 11.8 Å². The molecule has 0 aromatic heterocycles. The summed E-state index contributed by atoms with van der Waals surface area (Å²) in [5.74, 6) is -1.01. The average Bonchev–Trinajstić information content (AvgIpc) is 3.01. The minimum atomic E-state index is -0.776. The van der Waals surface area contributed by atoms with Crippen LogP contribution in [0.2, 0.25) is 0 Å². The molecule has 0 aliphatic carbocycles. The maximum absolute atomic E-state index is 13.9. The van der Waals surface area contributed by atoms with Crippen molar-refractivity contribution < 1.29 is 19.1 Å². The van der Waals surface area contributed by atoms with Crippen molar-refractivity contribution in [3.8, 4) is 5.75 Å². The van der Waals surface area contributed by atoms with E-state index in [9.17, 15) is 14.4 Å². The highest BCUT2D eigenvalue weighted by molar-refractivity contribution is 5.92. The average molecular weight is 584 g/mol. The van der Waals surface area contributed by atoms with Gasteiger partial charge in [-0.1, -0.05) is 66.7 Å². The Bertz CT molecular complexity index is 1380. The van der Waals surface area contributed by atoms with Crippen molar-refractivity contribution in [2.24, 2.45) is 0 Å². The number of hydrogen-bond donors (Lipinski definition) is 1. The molecule has 0 saturated carbocycles. The summed E-state index contributed by atoms with van der Waals surface area (Å²) < 4.78 is 5.77. The van der Waals surface area contributed by atoms with E-state index in [1.54, 1.807) is 11.0 Å². The normalized spacial score (nSPS) is 16.1. The van der Waals surface area contributed by atoms with E-state index < -0.39 is 17.9 Å². The van der Waals surface area contributed by atoms with Gasteiger partial charge in [-0.25, -0.2) is 0 Å². The lowest BCUT2D eigenvalue weighted by Crippen LogP contribution is -2.50. The molecule has 3 atom stereocenters. The Kier molecular flexibility index (Phi) is 10.8. The summed E-state index contributed by atoms with van der Waals surface area (Å²) in [6.45, 7) is 13.9. The Morgan fingerprint density at radius 1 is 0.837 bits per heavy atom. The molecule has 1 heterocycles. The number of carbonyl (C=O) groups excluding carboxylic acids is 3. The van der Waals surface area contributed by atoms with Gasteiger partial charge < -0.3 is 15.0 Å². The quantitative estimate of drug-likeness (QED) is 0.226. The fourth-order valence-corrected chi connectivity index (χ4v) is 5.92. The van der Waals surface area contributed by atoms with Gasteiger partial charge in [0.15, 0.2) is 0 Å². The molecular formula is C36H45N3O4. The van der Waals surface area contributed by atoms with Crippen LogP contribution in [0.3, 0.4) is 0 Å². The molecule has 0 fully saturated rings. The fourth-order valence-electron chi connectivity index (χ4n) is 5.92. The topological polar surface area (TPSA) is 78.9 Å². The van der Waals surface area contributed by atoms with E-state index in [-0.39, 0.29) is 17.8 Å². The molecule has 3 aromatic carbocycles. The highest BCUT2D eigenvalue weighted by atomic mass is 16.5. The Morgan fingerprint density at radius 2 is 1.42 bits per heavy atom. The molecule has 0 saturated heterocycles. The molecule has 2 amide bonds. The third-order valence-electron chi connectivity index (χ3n) is 8.41. The van der Waals surface area contributed by atoms with Crippen molar-refractivity contribution >= 4 is 17.8 Å². The summed E-state index contributed by atoms with van der Waals surface area (Å²) in [6.07, 6.45) is 0.556. The van der Waals surface area contributed by atoms with Gasteiger partial charge in [0, 0.05) is 31.7 Å². The van der Waals surface area contributed by atoms with Crippen LogP contribution in [0.5, 0.6) is 5.75 Å². The number of benzene rings is 3. The number of rotatable bonds is 11. The number of hydrogen-bond acceptors (Lipinski definition) is 5. The first-order valence-corrected chi connectivity index (χ1v) is 15.4. The first-order chi connectivity index (χ1) is 20.6. The second-order valence-corrected chi connectivity index (χ2v) is 11.9. The monoisotopic (exact) mass is 583 g/mol. The first kappa shape index (κ1) is 32.0. The predicted molar refractivity (Wildman–Crippen MR) is 170 cm³/mol. The second-order valence-electron chi connectivity index (χ2n) is 11.9. The van der Waals surface area contributed by atoms with Crippen LogP contribution < -0.4 is 10.1 Å². The summed E-state index contributed by atoms with van der Waals surface area (Å²) in [4.78, 5) is 44.7. The number of esters is 1. The Labute approximate surface area is 256 Å². The molecule has 0 spiro atoms. The summed E-state index contributed by atoms with van der Waals surface area (Å²) in [7, 11) is 0. The number of fused-ring (bicyclic) bond motifs is 1. The number of amides is 2. The van der Waals surface area contributed by atoms with E-state index in [0.29, 0.717) is 43.9 Å². The van der Waals surface area contributed by atoms with Gasteiger partial charge in [-0.2, -0.15) is 0 Å². The van der Waals surface area contributed by atoms with Crippen LogP contribution in [0.25, 0.3) is 0 Å². The van der Waals surface area contributed by atoms with Crippen molar-refractivity contribution in [1.29, 1.82) is 0 Å². The fraction of sp³-hybridized carbons (Fsp3) is 0.417. The van der Waals surface area contributed by atoms with Crippen LogP contribution in [0.4, 0.5) is 0 Å². The summed E-state index contributed by atoms with van der Waals surface area (Å²) in [6, 6.07) is 24.5. The molecule has 0 bridgehead atoms. The van der Waals surface area contributed by atoms with Crippen molar-refractivity contribution in [1.82, 2.24) is 15.1 Å². The summed E-state index contributed by atoms with van der Waals surface area (Å²) >= 11 is 0. The molecular weight excluding hydrogens is 538 g/mol. The zero-order chi connectivity index (χ0) is 31.1. The second kappa shape index (κ2) is 14.5. The Hall–Kier alpha value is -3.97. The zero-order valence-electron chi connectivity index (χ0n) is 26.2. The molecule has 1 aliphatic heterocycles. The van der Waals surface area contributed by atoms with Gasteiger partial charge >= 0.3 is 5.97 Å². The van der Waals surface area contributed by atoms with E-state index in [0.717, 1.165) is 22.3 Å². The zero-order valence-corrected chi connectivity index (χ0v) is 26.2. The third-order valence-corrected chi connectivity index (χ3v) is 8.41. The van der Waals surface area contributed by atoms with Crippen LogP contribution in [0.1, 0.15) is 81.7 Å². The molecule has 1 aliphatic rings. The van der Waals surface area contributed by atoms with E-state index in [2.05, 4.69) is 37.9 Å². The predicted octanol–water partition coefficient (Wildman–Crippen LogP) is 5.86. The maximum atomic E-state index is 13.9. The van der Waals surface area contributed by atoms with Gasteiger partial charge in [0.25, 0.3) is 0 Å². The van der Waals surface area contributed by atoms with Gasteiger partial charge in [0.2, 0.25) is 11.8 Å². The molecule has 3 aromatic rings. The van der Waals surface area contributed by atoms with E-state index >= 15 is 0 Å². The SMILES string of the molecule is CC(C(=O)Oc1ccc2c(c1)CCN(C(=O)C(C)c1ccccc1)C2C(=O)NCCN(C(C)C)C(C)C)c1ccccc1. The lowest BCUT2D eigenvalue weighted by atomic mass is 9.89. The number of nitrogens with zero attached hydrogens (tertiary/aromatic N) is 2. The van der Waals surface area contributed by atoms with Crippen molar-refractivity contribution in [3.05, 3.63) is 101 Å².